The average molecular weight is 939 g/mol. The van der Waals surface area contributed by atoms with Gasteiger partial charge in [-0.3, -0.25) is 4.98 Å². The molecule has 0 aliphatic heterocycles. The van der Waals surface area contributed by atoms with Crippen LogP contribution in [0.2, 0.25) is 19.6 Å². The summed E-state index contributed by atoms with van der Waals surface area (Å²) in [4.78, 5) is 14.5. The molecule has 7 heteroatoms. The van der Waals surface area contributed by atoms with Crippen LogP contribution in [0.3, 0.4) is 0 Å². The molecular formula is C50H46IrN4OSi-2. The van der Waals surface area contributed by atoms with Crippen molar-refractivity contribution < 1.29 is 24.5 Å². The number of hydrogen-bond donors (Lipinski definition) is 0. The molecule has 0 fully saturated rings. The third-order valence-corrected chi connectivity index (χ3v) is 12.2. The van der Waals surface area contributed by atoms with Gasteiger partial charge in [-0.15, -0.1) is 53.6 Å². The molecule has 0 amide bonds. The van der Waals surface area contributed by atoms with Crippen LogP contribution >= 0.6 is 0 Å². The average Bonchev–Trinajstić information content (AvgIpc) is 3.77. The first-order valence-corrected chi connectivity index (χ1v) is 22.9. The molecular weight excluding hydrogens is 893 g/mol. The quantitative estimate of drug-likeness (QED) is 0.118. The Kier molecular flexibility index (Phi) is 11.6. The second-order valence-electron chi connectivity index (χ2n) is 16.0. The molecule has 1 radical (unpaired) electrons. The van der Waals surface area contributed by atoms with E-state index in [2.05, 4.69) is 158 Å². The van der Waals surface area contributed by atoms with Crippen LogP contribution in [0.4, 0.5) is 0 Å². The van der Waals surface area contributed by atoms with E-state index in [0.717, 1.165) is 84.5 Å². The van der Waals surface area contributed by atoms with Gasteiger partial charge < -0.3 is 14.0 Å². The maximum Gasteiger partial charge on any atom is 0.216 e. The van der Waals surface area contributed by atoms with Crippen molar-refractivity contribution in [3.05, 3.63) is 163 Å². The number of pyridine rings is 2. The Morgan fingerprint density at radius 1 is 0.789 bits per heavy atom. The molecule has 0 bridgehead atoms. The van der Waals surface area contributed by atoms with E-state index in [1.165, 1.54) is 10.8 Å². The predicted octanol–water partition coefficient (Wildman–Crippen LogP) is 12.4. The summed E-state index contributed by atoms with van der Waals surface area (Å²) in [7, 11) is -1.34. The van der Waals surface area contributed by atoms with Crippen molar-refractivity contribution in [2.45, 2.75) is 53.8 Å². The van der Waals surface area contributed by atoms with Crippen molar-refractivity contribution in [3.63, 3.8) is 0 Å². The molecule has 0 saturated heterocycles. The number of aromatic nitrogens is 4. The number of nitrogens with zero attached hydrogens (tertiary/aromatic N) is 4. The molecule has 4 heterocycles. The SMILES string of the molecule is CC(C)Cc1cc(-c2[c-]cccc2)ncc1[Si](C)(C)C.Cc1ccc2c(n1)oc1c(-c3nc4ccccc4n3-c3ccccc3-c3ccccc3)[c-]cc(C)c12.[Ir]. The molecule has 0 atom stereocenters. The van der Waals surface area contributed by atoms with Crippen molar-refractivity contribution in [3.8, 4) is 39.5 Å². The number of imidazole rings is 1. The van der Waals surface area contributed by atoms with Gasteiger partial charge in [0.2, 0.25) is 5.71 Å². The molecule has 0 N–H and O–H groups in total. The van der Waals surface area contributed by atoms with Crippen LogP contribution in [-0.4, -0.2) is 27.6 Å². The van der Waals surface area contributed by atoms with Gasteiger partial charge in [0.15, 0.2) is 0 Å². The number of para-hydroxylation sites is 3. The van der Waals surface area contributed by atoms with Gasteiger partial charge >= 0.3 is 0 Å². The zero-order chi connectivity index (χ0) is 39.0. The summed E-state index contributed by atoms with van der Waals surface area (Å²) in [6.07, 6.45) is 3.24. The van der Waals surface area contributed by atoms with E-state index in [1.54, 1.807) is 0 Å². The Morgan fingerprint density at radius 3 is 2.28 bits per heavy atom. The van der Waals surface area contributed by atoms with Crippen LogP contribution in [0.1, 0.15) is 30.7 Å². The van der Waals surface area contributed by atoms with Gasteiger partial charge in [-0.2, -0.15) is 0 Å². The van der Waals surface area contributed by atoms with Gasteiger partial charge in [0.1, 0.15) is 0 Å². The predicted molar refractivity (Wildman–Crippen MR) is 235 cm³/mol. The summed E-state index contributed by atoms with van der Waals surface area (Å²) >= 11 is 0. The fraction of sp³-hybridized carbons (Fsp3) is 0.180. The largest absolute Gasteiger partial charge is 0.486 e. The Bertz CT molecular complexity index is 2820. The van der Waals surface area contributed by atoms with Crippen LogP contribution in [0.25, 0.3) is 72.6 Å². The summed E-state index contributed by atoms with van der Waals surface area (Å²) in [5, 5.41) is 3.56. The van der Waals surface area contributed by atoms with E-state index in [0.29, 0.717) is 11.6 Å². The van der Waals surface area contributed by atoms with Crippen LogP contribution in [-0.2, 0) is 26.5 Å². The molecule has 4 aromatic heterocycles. The molecule has 9 rings (SSSR count). The molecule has 0 saturated carbocycles. The number of furan rings is 1. The first-order valence-electron chi connectivity index (χ1n) is 19.4. The van der Waals surface area contributed by atoms with E-state index in [1.807, 2.05) is 49.4 Å². The third kappa shape index (κ3) is 8.06. The van der Waals surface area contributed by atoms with E-state index >= 15 is 0 Å². The molecule has 0 aliphatic rings. The van der Waals surface area contributed by atoms with Gasteiger partial charge in [-0.05, 0) is 66.0 Å². The standard InChI is InChI=1S/C32H22N3O.C18H24NSi.Ir/c1-20-16-18-25(30-29(20)24-19-17-21(2)33-32(24)36-30)31-34-26-13-7-9-15-28(26)35(31)27-14-8-6-12-23(27)22-10-4-3-5-11-22;1-14(2)11-16-12-17(15-9-7-6-8-10-15)19-13-18(16)20(3,4)5;/h3-17,19H,1-2H3;6-9,12-14H,11H2,1-5H3;/q2*-1;. The van der Waals surface area contributed by atoms with E-state index < -0.39 is 8.07 Å². The number of hydrogen-bond acceptors (Lipinski definition) is 4. The second-order valence-corrected chi connectivity index (χ2v) is 21.0. The molecule has 0 spiro atoms. The van der Waals surface area contributed by atoms with Gasteiger partial charge in [0.25, 0.3) is 0 Å². The Labute approximate surface area is 350 Å². The molecule has 5 aromatic carbocycles. The minimum Gasteiger partial charge on any atom is -0.486 e. The molecule has 5 nitrogen and oxygen atoms in total. The monoisotopic (exact) mass is 939 g/mol. The zero-order valence-electron chi connectivity index (χ0n) is 33.5. The van der Waals surface area contributed by atoms with Gasteiger partial charge in [-0.1, -0.05) is 124 Å². The van der Waals surface area contributed by atoms with Crippen LogP contribution in [0.5, 0.6) is 0 Å². The fourth-order valence-electron chi connectivity index (χ4n) is 7.57. The smallest absolute Gasteiger partial charge is 0.216 e. The minimum absolute atomic E-state index is 0. The number of aryl methyl sites for hydroxylation is 2. The summed E-state index contributed by atoms with van der Waals surface area (Å²) in [6.45, 7) is 15.8. The first-order chi connectivity index (χ1) is 27.1. The third-order valence-electron chi connectivity index (χ3n) is 10.2. The molecule has 9 aromatic rings. The maximum absolute atomic E-state index is 6.41. The summed E-state index contributed by atoms with van der Waals surface area (Å²) < 4.78 is 8.63. The molecule has 0 aliphatic carbocycles. The molecule has 0 unspecified atom stereocenters. The number of benzene rings is 5. The van der Waals surface area contributed by atoms with Crippen molar-refractivity contribution in [1.82, 2.24) is 19.5 Å². The molecule has 57 heavy (non-hydrogen) atoms. The number of rotatable bonds is 7. The second kappa shape index (κ2) is 16.6. The van der Waals surface area contributed by atoms with Crippen molar-refractivity contribution in [2.24, 2.45) is 5.92 Å². The van der Waals surface area contributed by atoms with Gasteiger partial charge in [0, 0.05) is 48.6 Å². The molecule has 287 valence electrons. The van der Waals surface area contributed by atoms with Gasteiger partial charge in [0.05, 0.1) is 30.5 Å². The summed E-state index contributed by atoms with van der Waals surface area (Å²) in [5.74, 6) is 1.46. The topological polar surface area (TPSA) is 56.7 Å². The summed E-state index contributed by atoms with van der Waals surface area (Å²) in [5.41, 5.74) is 13.1. The minimum atomic E-state index is -1.34. The van der Waals surface area contributed by atoms with Crippen LogP contribution < -0.4 is 5.19 Å². The fourth-order valence-corrected chi connectivity index (χ4v) is 9.16. The van der Waals surface area contributed by atoms with Crippen LogP contribution in [0, 0.1) is 31.9 Å². The van der Waals surface area contributed by atoms with Crippen molar-refractivity contribution in [2.75, 3.05) is 0 Å². The van der Waals surface area contributed by atoms with Crippen LogP contribution in [0.15, 0.2) is 138 Å². The zero-order valence-corrected chi connectivity index (χ0v) is 36.9. The van der Waals surface area contributed by atoms with Crippen molar-refractivity contribution >= 4 is 46.4 Å². The normalized spacial score (nSPS) is 11.5. The Hall–Kier alpha value is -5.46. The van der Waals surface area contributed by atoms with Gasteiger partial charge in [-0.25, -0.2) is 4.98 Å². The van der Waals surface area contributed by atoms with E-state index in [4.69, 9.17) is 9.40 Å². The van der Waals surface area contributed by atoms with Crippen molar-refractivity contribution in [1.29, 1.82) is 0 Å². The Balaban J connectivity index is 0.000000202. The van der Waals surface area contributed by atoms with E-state index in [-0.39, 0.29) is 20.1 Å². The first kappa shape index (κ1) is 39.8. The Morgan fingerprint density at radius 2 is 1.53 bits per heavy atom. The van der Waals surface area contributed by atoms with E-state index in [9.17, 15) is 0 Å². The number of fused-ring (bicyclic) bond motifs is 4. The maximum atomic E-state index is 6.41. The summed E-state index contributed by atoms with van der Waals surface area (Å²) in [6, 6.07) is 50.4.